The zero-order chi connectivity index (χ0) is 27.5. The molecule has 4 aromatic carbocycles. The van der Waals surface area contributed by atoms with Gasteiger partial charge < -0.3 is 14.1 Å². The number of aromatic hydroxyl groups is 1. The first-order valence-corrected chi connectivity index (χ1v) is 12.8. The first kappa shape index (κ1) is 23.6. The Balaban J connectivity index is 1.72. The van der Waals surface area contributed by atoms with E-state index in [1.54, 1.807) is 53.1 Å². The Morgan fingerprint density at radius 1 is 0.625 bits per heavy atom. The van der Waals surface area contributed by atoms with Crippen molar-refractivity contribution in [3.8, 4) is 33.8 Å². The molecule has 2 heterocycles. The summed E-state index contributed by atoms with van der Waals surface area (Å²) in [5.41, 5.74) is 2.86. The molecule has 6 aromatic rings. The number of nitrogens with zero attached hydrogens (tertiary/aromatic N) is 1. The summed E-state index contributed by atoms with van der Waals surface area (Å²) in [6.45, 7) is 1.96. The van der Waals surface area contributed by atoms with Crippen molar-refractivity contribution in [2.75, 3.05) is 0 Å². The van der Waals surface area contributed by atoms with Crippen LogP contribution in [0.1, 0.15) is 37.5 Å². The summed E-state index contributed by atoms with van der Waals surface area (Å²) < 4.78 is 7.38. The third kappa shape index (κ3) is 3.33. The first-order valence-electron chi connectivity index (χ1n) is 12.8. The van der Waals surface area contributed by atoms with E-state index in [0.29, 0.717) is 22.3 Å². The van der Waals surface area contributed by atoms with Crippen molar-refractivity contribution in [3.05, 3.63) is 141 Å². The summed E-state index contributed by atoms with van der Waals surface area (Å²) >= 11 is 0. The highest BCUT2D eigenvalue weighted by atomic mass is 16.4. The van der Waals surface area contributed by atoms with Crippen LogP contribution in [0.15, 0.2) is 112 Å². The number of hydrogen-bond donors (Lipinski definition) is 1. The Hall–Kier alpha value is -5.49. The van der Waals surface area contributed by atoms with E-state index in [1.807, 2.05) is 61.5 Å². The van der Waals surface area contributed by atoms with Crippen LogP contribution in [0.5, 0.6) is 5.75 Å². The molecule has 0 unspecified atom stereocenters. The number of rotatable bonds is 3. The van der Waals surface area contributed by atoms with E-state index >= 15 is 0 Å². The molecule has 7 rings (SSSR count). The van der Waals surface area contributed by atoms with Crippen LogP contribution in [0.2, 0.25) is 0 Å². The van der Waals surface area contributed by atoms with Gasteiger partial charge in [-0.25, -0.2) is 4.79 Å². The Bertz CT molecular complexity index is 2060. The predicted molar refractivity (Wildman–Crippen MR) is 152 cm³/mol. The molecule has 0 saturated carbocycles. The van der Waals surface area contributed by atoms with Gasteiger partial charge in [0.05, 0.1) is 16.6 Å². The summed E-state index contributed by atoms with van der Waals surface area (Å²) in [5.74, 6) is -1.07. The van der Waals surface area contributed by atoms with Gasteiger partial charge in [0.1, 0.15) is 22.6 Å². The monoisotopic (exact) mass is 523 g/mol. The number of benzene rings is 4. The van der Waals surface area contributed by atoms with Gasteiger partial charge in [-0.1, -0.05) is 84.4 Å². The average molecular weight is 524 g/mol. The van der Waals surface area contributed by atoms with E-state index in [0.717, 1.165) is 5.56 Å². The number of aryl methyl sites for hydroxylation is 1. The van der Waals surface area contributed by atoms with Crippen LogP contribution < -0.4 is 5.63 Å². The van der Waals surface area contributed by atoms with E-state index in [2.05, 4.69) is 0 Å². The van der Waals surface area contributed by atoms with E-state index < -0.39 is 11.4 Å². The van der Waals surface area contributed by atoms with Crippen LogP contribution in [0.3, 0.4) is 0 Å². The van der Waals surface area contributed by atoms with Crippen molar-refractivity contribution in [2.24, 2.45) is 0 Å². The molecule has 6 nitrogen and oxygen atoms in total. The van der Waals surface area contributed by atoms with Crippen molar-refractivity contribution >= 4 is 22.5 Å². The van der Waals surface area contributed by atoms with Crippen LogP contribution >= 0.6 is 0 Å². The van der Waals surface area contributed by atoms with Crippen LogP contribution in [0.25, 0.3) is 39.0 Å². The summed E-state index contributed by atoms with van der Waals surface area (Å²) in [4.78, 5) is 42.0. The minimum atomic E-state index is -0.809. The third-order valence-electron chi connectivity index (χ3n) is 7.40. The lowest BCUT2D eigenvalue weighted by Gasteiger charge is -2.18. The molecule has 40 heavy (non-hydrogen) atoms. The lowest BCUT2D eigenvalue weighted by Crippen LogP contribution is -2.23. The summed E-state index contributed by atoms with van der Waals surface area (Å²) in [6, 6.07) is 30.1. The summed E-state index contributed by atoms with van der Waals surface area (Å²) in [7, 11) is 0. The fourth-order valence-electron chi connectivity index (χ4n) is 5.57. The van der Waals surface area contributed by atoms with Crippen LogP contribution in [0.4, 0.5) is 0 Å². The average Bonchev–Trinajstić information content (AvgIpc) is 3.33. The maximum absolute atomic E-state index is 14.2. The van der Waals surface area contributed by atoms with Gasteiger partial charge in [0.25, 0.3) is 0 Å². The lowest BCUT2D eigenvalue weighted by atomic mass is 9.84. The second-order valence-electron chi connectivity index (χ2n) is 9.80. The van der Waals surface area contributed by atoms with Crippen molar-refractivity contribution in [1.82, 2.24) is 4.57 Å². The Morgan fingerprint density at radius 3 is 1.98 bits per heavy atom. The molecule has 2 aromatic heterocycles. The molecular formula is C34H21NO5. The highest BCUT2D eigenvalue weighted by Gasteiger charge is 2.40. The molecule has 0 amide bonds. The topological polar surface area (TPSA) is 89.5 Å². The fourth-order valence-corrected chi connectivity index (χ4v) is 5.57. The van der Waals surface area contributed by atoms with Gasteiger partial charge in [0, 0.05) is 22.4 Å². The SMILES string of the molecule is Cc1ccc(-n2c3c(c(-c4c(O)c5ccccc5oc4=O)c2-c2ccccc2)C(=O)c2ccccc2C3=O)cc1. The number of ketones is 2. The van der Waals surface area contributed by atoms with Crippen molar-refractivity contribution in [3.63, 3.8) is 0 Å². The van der Waals surface area contributed by atoms with Gasteiger partial charge in [-0.05, 0) is 36.8 Å². The Kier molecular flexibility index (Phi) is 5.18. The second-order valence-corrected chi connectivity index (χ2v) is 9.80. The molecule has 1 aliphatic rings. The largest absolute Gasteiger partial charge is 0.506 e. The maximum Gasteiger partial charge on any atom is 0.348 e. The van der Waals surface area contributed by atoms with Gasteiger partial charge in [-0.3, -0.25) is 9.59 Å². The number of para-hydroxylation sites is 1. The van der Waals surface area contributed by atoms with Crippen LogP contribution in [-0.4, -0.2) is 21.2 Å². The molecular weight excluding hydrogens is 502 g/mol. The highest BCUT2D eigenvalue weighted by Crippen LogP contribution is 2.47. The standard InChI is InChI=1S/C34H21NO5/c1-19-15-17-21(18-16-19)35-29(20-9-3-2-4-10-20)26(28-32(37)24-13-7-8-14-25(24)40-34(28)39)27-30(35)33(38)23-12-6-5-11-22(23)31(27)36/h2-18,37H,1H3. The molecule has 0 bridgehead atoms. The molecule has 1 N–H and O–H groups in total. The summed E-state index contributed by atoms with van der Waals surface area (Å²) in [5, 5.41) is 11.9. The molecule has 1 aliphatic carbocycles. The number of fused-ring (bicyclic) bond motifs is 3. The minimum absolute atomic E-state index is 0.0565. The molecule has 192 valence electrons. The molecule has 0 radical (unpaired) electrons. The Morgan fingerprint density at radius 2 is 1.25 bits per heavy atom. The summed E-state index contributed by atoms with van der Waals surface area (Å²) in [6.07, 6.45) is 0. The molecule has 0 spiro atoms. The van der Waals surface area contributed by atoms with Gasteiger partial charge >= 0.3 is 5.63 Å². The molecule has 6 heteroatoms. The fraction of sp³-hybridized carbons (Fsp3) is 0.0294. The molecule has 0 saturated heterocycles. The molecule has 0 aliphatic heterocycles. The third-order valence-corrected chi connectivity index (χ3v) is 7.40. The predicted octanol–water partition coefficient (Wildman–Crippen LogP) is 6.71. The van der Waals surface area contributed by atoms with E-state index in [1.165, 1.54) is 0 Å². The molecule has 0 atom stereocenters. The number of aromatic nitrogens is 1. The van der Waals surface area contributed by atoms with Gasteiger partial charge in [-0.2, -0.15) is 0 Å². The zero-order valence-corrected chi connectivity index (χ0v) is 21.3. The normalized spacial score (nSPS) is 12.4. The quantitative estimate of drug-likeness (QED) is 0.260. The Labute approximate surface area is 228 Å². The first-order chi connectivity index (χ1) is 19.5. The van der Waals surface area contributed by atoms with Gasteiger partial charge in [0.15, 0.2) is 5.78 Å². The van der Waals surface area contributed by atoms with Crippen LogP contribution in [-0.2, 0) is 0 Å². The zero-order valence-electron chi connectivity index (χ0n) is 21.3. The number of hydrogen-bond acceptors (Lipinski definition) is 5. The number of carbonyl (C=O) groups is 2. The van der Waals surface area contributed by atoms with Crippen molar-refractivity contribution in [1.29, 1.82) is 0 Å². The van der Waals surface area contributed by atoms with Crippen molar-refractivity contribution < 1.29 is 19.1 Å². The van der Waals surface area contributed by atoms with E-state index in [9.17, 15) is 19.5 Å². The lowest BCUT2D eigenvalue weighted by molar-refractivity contribution is 0.0975. The van der Waals surface area contributed by atoms with Gasteiger partial charge in [0.2, 0.25) is 5.78 Å². The van der Waals surface area contributed by atoms with E-state index in [4.69, 9.17) is 4.42 Å². The molecule has 0 fully saturated rings. The van der Waals surface area contributed by atoms with Gasteiger partial charge in [-0.15, -0.1) is 0 Å². The highest BCUT2D eigenvalue weighted by molar-refractivity contribution is 6.31. The van der Waals surface area contributed by atoms with Crippen molar-refractivity contribution in [2.45, 2.75) is 6.92 Å². The smallest absolute Gasteiger partial charge is 0.348 e. The van der Waals surface area contributed by atoms with E-state index in [-0.39, 0.29) is 50.6 Å². The number of carbonyl (C=O) groups excluding carboxylic acids is 2. The minimum Gasteiger partial charge on any atom is -0.506 e. The second kappa shape index (κ2) is 8.78. The van der Waals surface area contributed by atoms with Crippen LogP contribution in [0, 0.1) is 6.92 Å². The maximum atomic E-state index is 14.2.